The number of hydrogen-bond acceptors (Lipinski definition) is 3. The smallest absolute Gasteiger partial charge is 0.243 e. The molecule has 0 aliphatic carbocycles. The predicted molar refractivity (Wildman–Crippen MR) is 67.4 cm³/mol. The van der Waals surface area contributed by atoms with E-state index in [0.29, 0.717) is 13.0 Å². The van der Waals surface area contributed by atoms with Gasteiger partial charge in [-0.15, -0.1) is 0 Å². The van der Waals surface area contributed by atoms with Crippen LogP contribution in [0.5, 0.6) is 0 Å². The van der Waals surface area contributed by atoms with E-state index in [4.69, 9.17) is 17.3 Å². The maximum Gasteiger partial charge on any atom is 0.243 e. The van der Waals surface area contributed by atoms with Crippen LogP contribution in [0.1, 0.15) is 12.8 Å². The Labute approximate surface area is 111 Å². The maximum atomic E-state index is 13.2. The van der Waals surface area contributed by atoms with Gasteiger partial charge in [0.05, 0.1) is 4.90 Å². The van der Waals surface area contributed by atoms with Crippen LogP contribution in [-0.2, 0) is 10.0 Å². The highest BCUT2D eigenvalue weighted by atomic mass is 35.5. The molecule has 1 saturated heterocycles. The fraction of sp³-hybridized carbons (Fsp3) is 0.455. The number of benzene rings is 1. The Morgan fingerprint density at radius 1 is 1.39 bits per heavy atom. The second-order valence-electron chi connectivity index (χ2n) is 4.37. The van der Waals surface area contributed by atoms with Crippen molar-refractivity contribution in [3.63, 3.8) is 0 Å². The number of piperidine rings is 1. The molecule has 100 valence electrons. The molecule has 2 rings (SSSR count). The Balaban J connectivity index is 2.35. The molecule has 1 aliphatic rings. The first kappa shape index (κ1) is 13.7. The predicted octanol–water partition coefficient (Wildman–Crippen LogP) is 1.59. The van der Waals surface area contributed by atoms with Gasteiger partial charge in [0.25, 0.3) is 0 Å². The van der Waals surface area contributed by atoms with Crippen molar-refractivity contribution in [2.75, 3.05) is 13.1 Å². The zero-order valence-electron chi connectivity index (χ0n) is 9.64. The minimum Gasteiger partial charge on any atom is -0.327 e. The fourth-order valence-electron chi connectivity index (χ4n) is 2.02. The summed E-state index contributed by atoms with van der Waals surface area (Å²) in [5.74, 6) is -0.664. The summed E-state index contributed by atoms with van der Waals surface area (Å²) in [6.45, 7) is 0.667. The van der Waals surface area contributed by atoms with E-state index in [1.165, 1.54) is 10.4 Å². The zero-order chi connectivity index (χ0) is 13.3. The third-order valence-electron chi connectivity index (χ3n) is 2.89. The molecule has 1 atom stereocenters. The number of hydrogen-bond donors (Lipinski definition) is 1. The van der Waals surface area contributed by atoms with Gasteiger partial charge in [-0.3, -0.25) is 0 Å². The second kappa shape index (κ2) is 5.13. The normalized spacial score (nSPS) is 22.1. The Morgan fingerprint density at radius 2 is 2.11 bits per heavy atom. The standard InChI is InChI=1S/C11H14ClFN2O2S/c12-8-4-9(13)6-11(5-8)18(16,17)15-3-1-2-10(14)7-15/h4-6,10H,1-3,7,14H2. The minimum atomic E-state index is -3.71. The molecule has 0 spiro atoms. The topological polar surface area (TPSA) is 63.4 Å². The lowest BCUT2D eigenvalue weighted by molar-refractivity contribution is 0.316. The van der Waals surface area contributed by atoms with Crippen molar-refractivity contribution in [2.45, 2.75) is 23.8 Å². The summed E-state index contributed by atoms with van der Waals surface area (Å²) in [6.07, 6.45) is 1.51. The van der Waals surface area contributed by atoms with E-state index in [-0.39, 0.29) is 22.5 Å². The van der Waals surface area contributed by atoms with E-state index < -0.39 is 15.8 Å². The van der Waals surface area contributed by atoms with E-state index in [9.17, 15) is 12.8 Å². The maximum absolute atomic E-state index is 13.2. The van der Waals surface area contributed by atoms with Crippen LogP contribution in [0.2, 0.25) is 5.02 Å². The first-order chi connectivity index (χ1) is 8.39. The molecule has 4 nitrogen and oxygen atoms in total. The molecule has 1 aromatic carbocycles. The van der Waals surface area contributed by atoms with Gasteiger partial charge in [0.2, 0.25) is 10.0 Å². The quantitative estimate of drug-likeness (QED) is 0.900. The zero-order valence-corrected chi connectivity index (χ0v) is 11.2. The van der Waals surface area contributed by atoms with E-state index in [0.717, 1.165) is 18.6 Å². The lowest BCUT2D eigenvalue weighted by Crippen LogP contribution is -2.45. The first-order valence-electron chi connectivity index (χ1n) is 5.61. The molecule has 18 heavy (non-hydrogen) atoms. The fourth-order valence-corrected chi connectivity index (χ4v) is 3.90. The molecule has 1 aromatic rings. The number of nitrogens with zero attached hydrogens (tertiary/aromatic N) is 1. The summed E-state index contributed by atoms with van der Waals surface area (Å²) in [5, 5.41) is 0.0647. The summed E-state index contributed by atoms with van der Waals surface area (Å²) in [6, 6.07) is 3.13. The van der Waals surface area contributed by atoms with E-state index in [1.54, 1.807) is 0 Å². The SMILES string of the molecule is NC1CCCN(S(=O)(=O)c2cc(F)cc(Cl)c2)C1. The largest absolute Gasteiger partial charge is 0.327 e. The molecule has 0 saturated carbocycles. The van der Waals surface area contributed by atoms with Crippen LogP contribution in [0.3, 0.4) is 0 Å². The molecule has 0 amide bonds. The van der Waals surface area contributed by atoms with Gasteiger partial charge in [-0.2, -0.15) is 4.31 Å². The summed E-state index contributed by atoms with van der Waals surface area (Å²) in [7, 11) is -3.71. The highest BCUT2D eigenvalue weighted by Crippen LogP contribution is 2.23. The molecule has 1 aliphatic heterocycles. The number of rotatable bonds is 2. The van der Waals surface area contributed by atoms with Crippen LogP contribution in [0.25, 0.3) is 0 Å². The summed E-state index contributed by atoms with van der Waals surface area (Å²) < 4.78 is 39.1. The van der Waals surface area contributed by atoms with E-state index in [2.05, 4.69) is 0 Å². The Bertz CT molecular complexity index is 530. The van der Waals surface area contributed by atoms with Crippen LogP contribution in [0.4, 0.5) is 4.39 Å². The molecular weight excluding hydrogens is 279 g/mol. The summed E-state index contributed by atoms with van der Waals surface area (Å²) in [5.41, 5.74) is 5.75. The summed E-state index contributed by atoms with van der Waals surface area (Å²) >= 11 is 5.68. The first-order valence-corrected chi connectivity index (χ1v) is 7.43. The Morgan fingerprint density at radius 3 is 2.72 bits per heavy atom. The second-order valence-corrected chi connectivity index (χ2v) is 6.74. The molecule has 1 heterocycles. The highest BCUT2D eigenvalue weighted by molar-refractivity contribution is 7.89. The molecule has 0 aromatic heterocycles. The van der Waals surface area contributed by atoms with Crippen molar-refractivity contribution in [3.05, 3.63) is 29.0 Å². The minimum absolute atomic E-state index is 0.0647. The van der Waals surface area contributed by atoms with Crippen LogP contribution >= 0.6 is 11.6 Å². The van der Waals surface area contributed by atoms with Crippen molar-refractivity contribution in [1.82, 2.24) is 4.31 Å². The highest BCUT2D eigenvalue weighted by Gasteiger charge is 2.29. The third kappa shape index (κ3) is 2.83. The number of halogens is 2. The van der Waals surface area contributed by atoms with Crippen molar-refractivity contribution < 1.29 is 12.8 Å². The van der Waals surface area contributed by atoms with Crippen molar-refractivity contribution in [3.8, 4) is 0 Å². The molecule has 0 radical (unpaired) electrons. The average Bonchev–Trinajstić information content (AvgIpc) is 2.27. The van der Waals surface area contributed by atoms with Gasteiger partial charge in [-0.05, 0) is 31.0 Å². The van der Waals surface area contributed by atoms with Gasteiger partial charge in [0, 0.05) is 24.2 Å². The van der Waals surface area contributed by atoms with Crippen molar-refractivity contribution in [2.24, 2.45) is 5.73 Å². The van der Waals surface area contributed by atoms with Gasteiger partial charge in [0.1, 0.15) is 5.82 Å². The van der Waals surface area contributed by atoms with Gasteiger partial charge < -0.3 is 5.73 Å². The Hall–Kier alpha value is -0.690. The van der Waals surface area contributed by atoms with Crippen LogP contribution in [-0.4, -0.2) is 31.9 Å². The third-order valence-corrected chi connectivity index (χ3v) is 4.96. The van der Waals surface area contributed by atoms with Gasteiger partial charge >= 0.3 is 0 Å². The van der Waals surface area contributed by atoms with Gasteiger partial charge in [-0.1, -0.05) is 11.6 Å². The van der Waals surface area contributed by atoms with Gasteiger partial charge in [0.15, 0.2) is 0 Å². The molecule has 1 fully saturated rings. The molecule has 1 unspecified atom stereocenters. The molecule has 7 heteroatoms. The molecule has 0 bridgehead atoms. The summed E-state index contributed by atoms with van der Waals surface area (Å²) in [4.78, 5) is -0.124. The number of sulfonamides is 1. The Kier molecular flexibility index (Phi) is 3.91. The lowest BCUT2D eigenvalue weighted by Gasteiger charge is -2.29. The lowest BCUT2D eigenvalue weighted by atomic mass is 10.1. The van der Waals surface area contributed by atoms with E-state index in [1.807, 2.05) is 0 Å². The molecule has 2 N–H and O–H groups in total. The monoisotopic (exact) mass is 292 g/mol. The van der Waals surface area contributed by atoms with Crippen LogP contribution in [0.15, 0.2) is 23.1 Å². The van der Waals surface area contributed by atoms with Crippen molar-refractivity contribution in [1.29, 1.82) is 0 Å². The molecular formula is C11H14ClFN2O2S. The van der Waals surface area contributed by atoms with E-state index >= 15 is 0 Å². The van der Waals surface area contributed by atoms with Crippen LogP contribution in [0, 0.1) is 5.82 Å². The average molecular weight is 293 g/mol. The van der Waals surface area contributed by atoms with Crippen molar-refractivity contribution >= 4 is 21.6 Å². The van der Waals surface area contributed by atoms with Crippen LogP contribution < -0.4 is 5.73 Å². The number of nitrogens with two attached hydrogens (primary N) is 1. The van der Waals surface area contributed by atoms with Gasteiger partial charge in [-0.25, -0.2) is 12.8 Å².